The zero-order valence-corrected chi connectivity index (χ0v) is 14.0. The third-order valence-corrected chi connectivity index (χ3v) is 3.36. The molecule has 6 nitrogen and oxygen atoms in total. The van der Waals surface area contributed by atoms with Gasteiger partial charge in [-0.25, -0.2) is 4.79 Å². The number of aryl methyl sites for hydroxylation is 2. The Labute approximate surface area is 141 Å². The molecule has 2 aromatic carbocycles. The van der Waals surface area contributed by atoms with Gasteiger partial charge in [-0.05, 0) is 55.3 Å². The molecule has 24 heavy (non-hydrogen) atoms. The largest absolute Gasteiger partial charge is 0.483 e. The van der Waals surface area contributed by atoms with E-state index < -0.39 is 0 Å². The zero-order chi connectivity index (χ0) is 17.5. The molecule has 0 fully saturated rings. The second-order valence-electron chi connectivity index (χ2n) is 5.39. The number of ether oxygens (including phenoxy) is 1. The van der Waals surface area contributed by atoms with Crippen LogP contribution in [0, 0.1) is 13.8 Å². The molecule has 0 aliphatic rings. The van der Waals surface area contributed by atoms with E-state index in [-0.39, 0.29) is 18.5 Å². The van der Waals surface area contributed by atoms with Crippen molar-refractivity contribution in [1.82, 2.24) is 5.32 Å². The first-order chi connectivity index (χ1) is 11.5. The predicted octanol–water partition coefficient (Wildman–Crippen LogP) is 3.07. The summed E-state index contributed by atoms with van der Waals surface area (Å²) in [6, 6.07) is 12.4. The second kappa shape index (κ2) is 8.01. The smallest absolute Gasteiger partial charge is 0.318 e. The lowest BCUT2D eigenvalue weighted by molar-refractivity contribution is -0.118. The monoisotopic (exact) mass is 327 g/mol. The van der Waals surface area contributed by atoms with Gasteiger partial charge in [0, 0.05) is 18.4 Å². The van der Waals surface area contributed by atoms with Crippen LogP contribution in [0.4, 0.5) is 16.2 Å². The molecule has 3 N–H and O–H groups in total. The van der Waals surface area contributed by atoms with E-state index >= 15 is 0 Å². The average molecular weight is 327 g/mol. The molecule has 0 aliphatic carbocycles. The maximum atomic E-state index is 12.0. The minimum absolute atomic E-state index is 0.0669. The summed E-state index contributed by atoms with van der Waals surface area (Å²) in [4.78, 5) is 23.2. The van der Waals surface area contributed by atoms with Crippen LogP contribution in [-0.4, -0.2) is 25.6 Å². The Morgan fingerprint density at radius 1 is 0.958 bits per heavy atom. The van der Waals surface area contributed by atoms with E-state index in [1.807, 2.05) is 32.0 Å². The molecule has 0 bridgehead atoms. The summed E-state index contributed by atoms with van der Waals surface area (Å²) in [7, 11) is 1.54. The van der Waals surface area contributed by atoms with E-state index in [4.69, 9.17) is 4.74 Å². The Morgan fingerprint density at radius 3 is 2.21 bits per heavy atom. The van der Waals surface area contributed by atoms with Gasteiger partial charge in [0.1, 0.15) is 5.75 Å². The molecule has 2 rings (SSSR count). The Bertz CT molecular complexity index is 727. The summed E-state index contributed by atoms with van der Waals surface area (Å²) in [6.45, 7) is 3.84. The number of carbonyl (C=O) groups excluding carboxylic acids is 2. The molecule has 0 aromatic heterocycles. The molecule has 0 unspecified atom stereocenters. The molecule has 126 valence electrons. The average Bonchev–Trinajstić information content (AvgIpc) is 2.57. The third kappa shape index (κ3) is 5.01. The van der Waals surface area contributed by atoms with Crippen molar-refractivity contribution in [2.24, 2.45) is 0 Å². The molecule has 0 spiro atoms. The maximum Gasteiger partial charge on any atom is 0.318 e. The zero-order valence-electron chi connectivity index (χ0n) is 14.0. The SMILES string of the molecule is CNC(=O)Nc1ccc(NC(=O)COc2cc(C)ccc2C)cc1. The van der Waals surface area contributed by atoms with Crippen molar-refractivity contribution >= 4 is 23.3 Å². The summed E-state index contributed by atoms with van der Waals surface area (Å²) < 4.78 is 5.57. The highest BCUT2D eigenvalue weighted by molar-refractivity contribution is 5.93. The molecular weight excluding hydrogens is 306 g/mol. The fourth-order valence-electron chi connectivity index (χ4n) is 2.03. The van der Waals surface area contributed by atoms with Crippen LogP contribution in [-0.2, 0) is 4.79 Å². The van der Waals surface area contributed by atoms with Gasteiger partial charge in [0.25, 0.3) is 5.91 Å². The molecule has 0 saturated heterocycles. The first kappa shape index (κ1) is 17.3. The summed E-state index contributed by atoms with van der Waals surface area (Å²) in [5, 5.41) is 7.86. The first-order valence-electron chi connectivity index (χ1n) is 7.56. The molecule has 6 heteroatoms. The van der Waals surface area contributed by atoms with Gasteiger partial charge in [0.15, 0.2) is 6.61 Å². The van der Waals surface area contributed by atoms with Gasteiger partial charge < -0.3 is 20.7 Å². The molecule has 2 aromatic rings. The molecule has 0 radical (unpaired) electrons. The molecule has 0 aliphatic heterocycles. The minimum Gasteiger partial charge on any atom is -0.483 e. The lowest BCUT2D eigenvalue weighted by Crippen LogP contribution is -2.24. The third-order valence-electron chi connectivity index (χ3n) is 3.36. The van der Waals surface area contributed by atoms with Gasteiger partial charge in [-0.2, -0.15) is 0 Å². The van der Waals surface area contributed by atoms with Gasteiger partial charge in [-0.1, -0.05) is 12.1 Å². The standard InChI is InChI=1S/C18H21N3O3/c1-12-4-5-13(2)16(10-12)24-11-17(22)20-14-6-8-15(9-7-14)21-18(23)19-3/h4-10H,11H2,1-3H3,(H,20,22)(H2,19,21,23). The van der Waals surface area contributed by atoms with Crippen molar-refractivity contribution in [3.8, 4) is 5.75 Å². The predicted molar refractivity (Wildman–Crippen MR) is 94.6 cm³/mol. The van der Waals surface area contributed by atoms with E-state index in [2.05, 4.69) is 16.0 Å². The minimum atomic E-state index is -0.297. The van der Waals surface area contributed by atoms with Gasteiger partial charge in [0.2, 0.25) is 0 Å². The summed E-state index contributed by atoms with van der Waals surface area (Å²) in [5.74, 6) is 0.457. The van der Waals surface area contributed by atoms with Crippen molar-refractivity contribution in [3.05, 3.63) is 53.6 Å². The van der Waals surface area contributed by atoms with Gasteiger partial charge in [0.05, 0.1) is 0 Å². The highest BCUT2D eigenvalue weighted by atomic mass is 16.5. The number of benzene rings is 2. The first-order valence-corrected chi connectivity index (χ1v) is 7.56. The molecule has 0 saturated carbocycles. The van der Waals surface area contributed by atoms with Crippen LogP contribution in [0.2, 0.25) is 0 Å². The lowest BCUT2D eigenvalue weighted by Gasteiger charge is -2.11. The molecule has 0 atom stereocenters. The summed E-state index contributed by atoms with van der Waals surface area (Å²) >= 11 is 0. The molecule has 0 heterocycles. The fourth-order valence-corrected chi connectivity index (χ4v) is 2.03. The van der Waals surface area contributed by atoms with Crippen LogP contribution >= 0.6 is 0 Å². The molecule has 3 amide bonds. The number of hydrogen-bond acceptors (Lipinski definition) is 3. The van der Waals surface area contributed by atoms with E-state index in [1.54, 1.807) is 31.3 Å². The highest BCUT2D eigenvalue weighted by Gasteiger charge is 2.06. The van der Waals surface area contributed by atoms with E-state index in [9.17, 15) is 9.59 Å². The summed E-state index contributed by atoms with van der Waals surface area (Å²) in [6.07, 6.45) is 0. The van der Waals surface area contributed by atoms with Crippen LogP contribution < -0.4 is 20.7 Å². The highest BCUT2D eigenvalue weighted by Crippen LogP contribution is 2.19. The Balaban J connectivity index is 1.88. The van der Waals surface area contributed by atoms with E-state index in [0.717, 1.165) is 11.1 Å². The quantitative estimate of drug-likeness (QED) is 0.789. The number of hydrogen-bond donors (Lipinski definition) is 3. The van der Waals surface area contributed by atoms with Crippen molar-refractivity contribution < 1.29 is 14.3 Å². The number of carbonyl (C=O) groups is 2. The van der Waals surface area contributed by atoms with Crippen molar-refractivity contribution in [2.75, 3.05) is 24.3 Å². The Hall–Kier alpha value is -3.02. The van der Waals surface area contributed by atoms with Gasteiger partial charge in [-0.3, -0.25) is 4.79 Å². The van der Waals surface area contributed by atoms with Crippen LogP contribution in [0.15, 0.2) is 42.5 Å². The molecular formula is C18H21N3O3. The van der Waals surface area contributed by atoms with Gasteiger partial charge >= 0.3 is 6.03 Å². The van der Waals surface area contributed by atoms with Crippen molar-refractivity contribution in [3.63, 3.8) is 0 Å². The number of rotatable bonds is 5. The van der Waals surface area contributed by atoms with E-state index in [0.29, 0.717) is 17.1 Å². The number of anilines is 2. The van der Waals surface area contributed by atoms with Crippen LogP contribution in [0.25, 0.3) is 0 Å². The van der Waals surface area contributed by atoms with Crippen molar-refractivity contribution in [1.29, 1.82) is 0 Å². The Kier molecular flexibility index (Phi) is 5.78. The fraction of sp³-hybridized carbons (Fsp3) is 0.222. The van der Waals surface area contributed by atoms with Gasteiger partial charge in [-0.15, -0.1) is 0 Å². The van der Waals surface area contributed by atoms with Crippen LogP contribution in [0.1, 0.15) is 11.1 Å². The van der Waals surface area contributed by atoms with E-state index in [1.165, 1.54) is 0 Å². The van der Waals surface area contributed by atoms with Crippen LogP contribution in [0.5, 0.6) is 5.75 Å². The number of amides is 3. The number of urea groups is 1. The van der Waals surface area contributed by atoms with Crippen LogP contribution in [0.3, 0.4) is 0 Å². The van der Waals surface area contributed by atoms with Crippen molar-refractivity contribution in [2.45, 2.75) is 13.8 Å². The Morgan fingerprint density at radius 2 is 1.58 bits per heavy atom. The normalized spacial score (nSPS) is 9.96. The topological polar surface area (TPSA) is 79.5 Å². The second-order valence-corrected chi connectivity index (χ2v) is 5.39. The number of nitrogens with one attached hydrogen (secondary N) is 3. The summed E-state index contributed by atoms with van der Waals surface area (Å²) in [5.41, 5.74) is 3.33. The maximum absolute atomic E-state index is 12.0. The lowest BCUT2D eigenvalue weighted by atomic mass is 10.1.